The summed E-state index contributed by atoms with van der Waals surface area (Å²) in [4.78, 5) is 51.8. The van der Waals surface area contributed by atoms with Gasteiger partial charge < -0.3 is 21.1 Å². The molecule has 4 N–H and O–H groups in total. The van der Waals surface area contributed by atoms with Gasteiger partial charge in [0.25, 0.3) is 5.91 Å². The second-order valence-electron chi connectivity index (χ2n) is 9.40. The summed E-state index contributed by atoms with van der Waals surface area (Å²) in [6.07, 6.45) is 6.99. The first-order valence-electron chi connectivity index (χ1n) is 11.7. The van der Waals surface area contributed by atoms with Crippen molar-refractivity contribution in [1.82, 2.24) is 15.5 Å². The summed E-state index contributed by atoms with van der Waals surface area (Å²) >= 11 is 0. The fourth-order valence-electron chi connectivity index (χ4n) is 3.44. The Morgan fingerprint density at radius 1 is 1.17 bits per heavy atom. The quantitative estimate of drug-likeness (QED) is 0.251. The molecule has 0 saturated heterocycles. The molecule has 9 heteroatoms. The second-order valence-corrected chi connectivity index (χ2v) is 9.40. The average molecular weight is 487 g/mol. The zero-order chi connectivity index (χ0) is 26.8. The topological polar surface area (TPSA) is 131 Å². The Bertz CT molecular complexity index is 961. The number of unbranched alkanes of at least 4 members (excludes halogenated alkanes) is 2. The number of amides is 4. The zero-order valence-corrected chi connectivity index (χ0v) is 21.6. The van der Waals surface area contributed by atoms with Gasteiger partial charge in [0.2, 0.25) is 11.8 Å². The lowest BCUT2D eigenvalue weighted by atomic mass is 9.95. The van der Waals surface area contributed by atoms with Crippen LogP contribution in [0.3, 0.4) is 0 Å². The number of rotatable bonds is 11. The van der Waals surface area contributed by atoms with Gasteiger partial charge in [0, 0.05) is 12.6 Å². The molecule has 0 saturated carbocycles. The van der Waals surface area contributed by atoms with E-state index in [0.717, 1.165) is 35.3 Å². The molecular weight excluding hydrogens is 448 g/mol. The number of hydrogen-bond acceptors (Lipinski definition) is 5. The second kappa shape index (κ2) is 13.4. The number of ether oxygens (including phenoxy) is 1. The van der Waals surface area contributed by atoms with Crippen molar-refractivity contribution in [2.24, 2.45) is 5.73 Å². The summed E-state index contributed by atoms with van der Waals surface area (Å²) < 4.78 is 5.21. The summed E-state index contributed by atoms with van der Waals surface area (Å²) in [5.74, 6) is -2.12. The molecule has 4 amide bonds. The SMILES string of the molecule is C#CN(C(=O)C(CC(N)=O)NC(=O)OC(C)(C)C)C(C(=O)NCCCCC)c1cccc(C)c1C. The van der Waals surface area contributed by atoms with Gasteiger partial charge in [-0.3, -0.25) is 19.3 Å². The molecule has 35 heavy (non-hydrogen) atoms. The lowest BCUT2D eigenvalue weighted by Crippen LogP contribution is -2.52. The molecule has 1 aromatic rings. The van der Waals surface area contributed by atoms with Gasteiger partial charge in [0.1, 0.15) is 17.7 Å². The number of hydrogen-bond donors (Lipinski definition) is 3. The Kier molecular flexibility index (Phi) is 11.3. The molecule has 9 nitrogen and oxygen atoms in total. The van der Waals surface area contributed by atoms with E-state index in [9.17, 15) is 19.2 Å². The van der Waals surface area contributed by atoms with Crippen LogP contribution in [0.2, 0.25) is 0 Å². The largest absolute Gasteiger partial charge is 0.444 e. The number of nitrogens with zero attached hydrogens (tertiary/aromatic N) is 1. The van der Waals surface area contributed by atoms with Crippen LogP contribution in [-0.4, -0.2) is 46.9 Å². The van der Waals surface area contributed by atoms with E-state index in [-0.39, 0.29) is 0 Å². The number of aryl methyl sites for hydroxylation is 1. The number of carbonyl (C=O) groups is 4. The first kappa shape index (κ1) is 29.5. The average Bonchev–Trinajstić information content (AvgIpc) is 2.74. The van der Waals surface area contributed by atoms with E-state index in [1.807, 2.05) is 19.9 Å². The van der Waals surface area contributed by atoms with Crippen LogP contribution in [0.15, 0.2) is 18.2 Å². The molecular formula is C26H38N4O5. The maximum atomic E-state index is 13.5. The Morgan fingerprint density at radius 3 is 2.37 bits per heavy atom. The highest BCUT2D eigenvalue weighted by molar-refractivity contribution is 5.95. The normalized spacial score (nSPS) is 12.6. The smallest absolute Gasteiger partial charge is 0.408 e. The molecule has 0 aliphatic rings. The number of alkyl carbamates (subject to hydrolysis) is 1. The van der Waals surface area contributed by atoms with Crippen molar-refractivity contribution in [3.8, 4) is 12.5 Å². The first-order valence-corrected chi connectivity index (χ1v) is 11.7. The molecule has 2 unspecified atom stereocenters. The van der Waals surface area contributed by atoms with Gasteiger partial charge >= 0.3 is 6.09 Å². The highest BCUT2D eigenvalue weighted by atomic mass is 16.6. The third-order valence-corrected chi connectivity index (χ3v) is 5.30. The Hall–Kier alpha value is -3.54. The van der Waals surface area contributed by atoms with Crippen molar-refractivity contribution in [3.63, 3.8) is 0 Å². The molecule has 0 heterocycles. The van der Waals surface area contributed by atoms with Crippen LogP contribution in [0.4, 0.5) is 4.79 Å². The van der Waals surface area contributed by atoms with Crippen LogP contribution in [0.1, 0.15) is 76.1 Å². The Balaban J connectivity index is 3.39. The number of terminal acetylenes is 1. The van der Waals surface area contributed by atoms with Crippen LogP contribution in [0.5, 0.6) is 0 Å². The summed E-state index contributed by atoms with van der Waals surface area (Å²) in [5, 5.41) is 5.22. The molecule has 0 spiro atoms. The molecule has 2 atom stereocenters. The molecule has 0 aliphatic heterocycles. The number of primary amides is 1. The van der Waals surface area contributed by atoms with Crippen molar-refractivity contribution in [3.05, 3.63) is 34.9 Å². The van der Waals surface area contributed by atoms with Crippen LogP contribution in [0, 0.1) is 26.3 Å². The van der Waals surface area contributed by atoms with E-state index in [2.05, 4.69) is 23.6 Å². The van der Waals surface area contributed by atoms with Gasteiger partial charge in [0.05, 0.1) is 6.42 Å². The van der Waals surface area contributed by atoms with Gasteiger partial charge in [-0.15, -0.1) is 0 Å². The fraction of sp³-hybridized carbons (Fsp3) is 0.538. The summed E-state index contributed by atoms with van der Waals surface area (Å²) in [6, 6.07) is 5.07. The molecule has 1 aromatic carbocycles. The maximum absolute atomic E-state index is 13.5. The maximum Gasteiger partial charge on any atom is 0.408 e. The van der Waals surface area contributed by atoms with E-state index in [0.29, 0.717) is 12.1 Å². The minimum absolute atomic E-state index is 0.418. The van der Waals surface area contributed by atoms with Crippen LogP contribution in [0.25, 0.3) is 0 Å². The molecule has 192 valence electrons. The minimum Gasteiger partial charge on any atom is -0.444 e. The van der Waals surface area contributed by atoms with Gasteiger partial charge in [-0.05, 0) is 57.7 Å². The number of benzene rings is 1. The van der Waals surface area contributed by atoms with E-state index in [1.165, 1.54) is 0 Å². The number of nitrogens with one attached hydrogen (secondary N) is 2. The molecule has 0 aromatic heterocycles. The summed E-state index contributed by atoms with van der Waals surface area (Å²) in [7, 11) is 0. The highest BCUT2D eigenvalue weighted by Crippen LogP contribution is 2.27. The number of carbonyl (C=O) groups excluding carboxylic acids is 4. The monoisotopic (exact) mass is 486 g/mol. The lowest BCUT2D eigenvalue weighted by Gasteiger charge is -2.31. The van der Waals surface area contributed by atoms with Crippen molar-refractivity contribution >= 4 is 23.8 Å². The zero-order valence-electron chi connectivity index (χ0n) is 21.6. The molecule has 0 fully saturated rings. The van der Waals surface area contributed by atoms with E-state index >= 15 is 0 Å². The van der Waals surface area contributed by atoms with Crippen LogP contribution < -0.4 is 16.4 Å². The fourth-order valence-corrected chi connectivity index (χ4v) is 3.44. The van der Waals surface area contributed by atoms with Gasteiger partial charge in [-0.25, -0.2) is 4.79 Å². The Morgan fingerprint density at radius 2 is 1.83 bits per heavy atom. The molecule has 0 aliphatic carbocycles. The van der Waals surface area contributed by atoms with Crippen molar-refractivity contribution in [2.75, 3.05) is 6.54 Å². The number of nitrogens with two attached hydrogens (primary N) is 1. The first-order chi connectivity index (χ1) is 16.3. The van der Waals surface area contributed by atoms with Gasteiger partial charge in [0.15, 0.2) is 0 Å². The standard InChI is InChI=1S/C26H38N4O5/c1-8-10-11-15-28-23(32)22(19-14-12-13-17(3)18(19)4)30(9-2)24(33)20(16-21(27)31)29-25(34)35-26(5,6)7/h2,12-14,20,22H,8,10-11,15-16H2,1,3-7H3,(H2,27,31)(H,28,32)(H,29,34). The summed E-state index contributed by atoms with van der Waals surface area (Å²) in [5.41, 5.74) is 6.74. The van der Waals surface area contributed by atoms with Crippen molar-refractivity contribution in [1.29, 1.82) is 0 Å². The lowest BCUT2D eigenvalue weighted by molar-refractivity contribution is -0.139. The third-order valence-electron chi connectivity index (χ3n) is 5.30. The third kappa shape index (κ3) is 9.32. The molecule has 1 rings (SSSR count). The highest BCUT2D eigenvalue weighted by Gasteiger charge is 2.37. The van der Waals surface area contributed by atoms with Crippen LogP contribution >= 0.6 is 0 Å². The Labute approximate surface area is 208 Å². The molecule has 0 bridgehead atoms. The predicted molar refractivity (Wildman–Crippen MR) is 134 cm³/mol. The van der Waals surface area contributed by atoms with Crippen molar-refractivity contribution < 1.29 is 23.9 Å². The van der Waals surface area contributed by atoms with Crippen LogP contribution in [-0.2, 0) is 19.1 Å². The van der Waals surface area contributed by atoms with E-state index in [4.69, 9.17) is 16.9 Å². The van der Waals surface area contributed by atoms with Gasteiger partial charge in [-0.1, -0.05) is 44.4 Å². The minimum atomic E-state index is -1.42. The predicted octanol–water partition coefficient (Wildman–Crippen LogP) is 2.84. The van der Waals surface area contributed by atoms with Gasteiger partial charge in [-0.2, -0.15) is 0 Å². The van der Waals surface area contributed by atoms with E-state index < -0.39 is 47.9 Å². The van der Waals surface area contributed by atoms with E-state index in [1.54, 1.807) is 32.9 Å². The molecule has 0 radical (unpaired) electrons. The van der Waals surface area contributed by atoms with Crippen molar-refractivity contribution in [2.45, 2.75) is 84.9 Å². The summed E-state index contributed by atoms with van der Waals surface area (Å²) in [6.45, 7) is 11.2.